The van der Waals surface area contributed by atoms with Crippen molar-refractivity contribution >= 4 is 39.3 Å². The number of aromatic nitrogens is 3. The molecule has 6 heterocycles. The van der Waals surface area contributed by atoms with Crippen LogP contribution in [0.2, 0.25) is 0 Å². The van der Waals surface area contributed by atoms with Crippen LogP contribution < -0.4 is 19.7 Å². The Balaban J connectivity index is 0.671. The van der Waals surface area contributed by atoms with Gasteiger partial charge in [0.25, 0.3) is 5.91 Å². The fourth-order valence-corrected chi connectivity index (χ4v) is 9.26. The number of allylic oxidation sites excluding steroid dienone is 1. The summed E-state index contributed by atoms with van der Waals surface area (Å²) < 4.78 is 21.0. The second kappa shape index (κ2) is 16.1. The minimum atomic E-state index is -0.486. The zero-order valence-corrected chi connectivity index (χ0v) is 34.5. The number of nitrogens with one attached hydrogen (secondary N) is 1. The SMILES string of the molecule is C=C1CCC(N2Cc3cc(OCC#Cc4ccc(C)c(N5CCC(OC6CC(Oc7ccc(-c8ccc9c%10cnccc%10n(C)c9c8)cn7)C6)CC5)c4)ccc3C2=O)C(=O)N1. The molecule has 61 heavy (non-hydrogen) atoms. The number of fused-ring (bicyclic) bond motifs is 4. The lowest BCUT2D eigenvalue weighted by Crippen LogP contribution is -2.49. The average molecular weight is 813 g/mol. The third-order valence-electron chi connectivity index (χ3n) is 12.7. The van der Waals surface area contributed by atoms with Gasteiger partial charge in [-0.25, -0.2) is 4.98 Å². The number of hydrogen-bond donors (Lipinski definition) is 1. The molecule has 1 aliphatic carbocycles. The molecule has 0 bridgehead atoms. The van der Waals surface area contributed by atoms with Crippen LogP contribution in [0.15, 0.2) is 104 Å². The maximum atomic E-state index is 13.1. The Bertz CT molecular complexity index is 2750. The topological polar surface area (TPSA) is 111 Å². The Morgan fingerprint density at radius 1 is 0.869 bits per heavy atom. The van der Waals surface area contributed by atoms with Crippen molar-refractivity contribution in [3.8, 4) is 34.6 Å². The van der Waals surface area contributed by atoms with E-state index < -0.39 is 6.04 Å². The molecule has 3 aromatic carbocycles. The summed E-state index contributed by atoms with van der Waals surface area (Å²) in [6.07, 6.45) is 11.2. The maximum absolute atomic E-state index is 13.1. The predicted octanol–water partition coefficient (Wildman–Crippen LogP) is 7.87. The molecule has 3 aromatic heterocycles. The summed E-state index contributed by atoms with van der Waals surface area (Å²) in [6.45, 7) is 8.45. The summed E-state index contributed by atoms with van der Waals surface area (Å²) in [5, 5.41) is 5.14. The van der Waals surface area contributed by atoms with E-state index in [4.69, 9.17) is 14.2 Å². The first-order valence-electron chi connectivity index (χ1n) is 21.2. The van der Waals surface area contributed by atoms with E-state index in [1.807, 2.05) is 30.7 Å². The van der Waals surface area contributed by atoms with Crippen LogP contribution in [0.25, 0.3) is 32.9 Å². The lowest BCUT2D eigenvalue weighted by molar-refractivity contribution is -0.126. The standard InChI is InChI=1S/C50H48N6O5/c1-31-6-8-33(5-4-22-59-38-11-13-41-36(24-38)30-56(50(41)58)45-14-7-32(2)53-49(45)57)23-46(31)55-20-17-37(18-21-55)60-39-26-40(27-39)61-48-15-10-35(28-52-48)34-9-12-42-43-29-51-19-16-44(43)54(3)47(42)25-34/h6,8-13,15-16,19,23-25,28-29,37,39-40,45H,2,7,14,17-18,20-22,26-27,30H2,1,3H3,(H,53,57). The van der Waals surface area contributed by atoms with Gasteiger partial charge >= 0.3 is 0 Å². The molecule has 0 radical (unpaired) electrons. The minimum absolute atomic E-state index is 0.116. The Labute approximate surface area is 355 Å². The van der Waals surface area contributed by atoms with E-state index >= 15 is 0 Å². The van der Waals surface area contributed by atoms with Crippen LogP contribution in [0.1, 0.15) is 65.6 Å². The number of amides is 2. The zero-order chi connectivity index (χ0) is 41.6. The fraction of sp³-hybridized carbons (Fsp3) is 0.320. The maximum Gasteiger partial charge on any atom is 0.255 e. The third-order valence-corrected chi connectivity index (χ3v) is 12.7. The van der Waals surface area contributed by atoms with Gasteiger partial charge in [-0.3, -0.25) is 14.6 Å². The van der Waals surface area contributed by atoms with Gasteiger partial charge in [-0.2, -0.15) is 0 Å². The van der Waals surface area contributed by atoms with Crippen LogP contribution in [0.3, 0.4) is 0 Å². The van der Waals surface area contributed by atoms with Crippen molar-refractivity contribution in [2.45, 2.75) is 76.3 Å². The molecule has 2 saturated heterocycles. The lowest BCUT2D eigenvalue weighted by Gasteiger charge is -2.40. The van der Waals surface area contributed by atoms with Crippen molar-refractivity contribution in [3.63, 3.8) is 0 Å². The van der Waals surface area contributed by atoms with Crippen molar-refractivity contribution in [3.05, 3.63) is 126 Å². The van der Waals surface area contributed by atoms with Crippen molar-refractivity contribution in [1.82, 2.24) is 24.8 Å². The van der Waals surface area contributed by atoms with E-state index in [2.05, 4.69) is 106 Å². The molecule has 6 aromatic rings. The molecule has 4 aliphatic rings. The zero-order valence-electron chi connectivity index (χ0n) is 34.5. The van der Waals surface area contributed by atoms with Crippen LogP contribution in [-0.4, -0.2) is 75.3 Å². The van der Waals surface area contributed by atoms with E-state index in [1.54, 1.807) is 17.0 Å². The number of anilines is 1. The summed E-state index contributed by atoms with van der Waals surface area (Å²) in [7, 11) is 2.10. The second-order valence-electron chi connectivity index (χ2n) is 16.7. The van der Waals surface area contributed by atoms with Gasteiger partial charge in [-0.15, -0.1) is 0 Å². The largest absolute Gasteiger partial charge is 0.481 e. The molecule has 308 valence electrons. The molecule has 11 heteroatoms. The van der Waals surface area contributed by atoms with Crippen molar-refractivity contribution in [1.29, 1.82) is 0 Å². The number of piperidine rings is 2. The van der Waals surface area contributed by atoms with Gasteiger partial charge in [-0.1, -0.05) is 36.6 Å². The molecule has 1 N–H and O–H groups in total. The molecule has 11 nitrogen and oxygen atoms in total. The predicted molar refractivity (Wildman–Crippen MR) is 235 cm³/mol. The van der Waals surface area contributed by atoms with Gasteiger partial charge in [0.1, 0.15) is 24.5 Å². The van der Waals surface area contributed by atoms with Gasteiger partial charge < -0.3 is 33.9 Å². The first-order valence-corrected chi connectivity index (χ1v) is 21.2. The fourth-order valence-electron chi connectivity index (χ4n) is 9.26. The highest BCUT2D eigenvalue weighted by molar-refractivity contribution is 6.08. The molecule has 1 atom stereocenters. The van der Waals surface area contributed by atoms with E-state index in [-0.39, 0.29) is 36.7 Å². The van der Waals surface area contributed by atoms with Crippen LogP contribution in [0.5, 0.6) is 11.6 Å². The molecular weight excluding hydrogens is 765 g/mol. The summed E-state index contributed by atoms with van der Waals surface area (Å²) in [4.78, 5) is 38.7. The molecule has 1 unspecified atom stereocenters. The van der Waals surface area contributed by atoms with Crippen LogP contribution in [-0.2, 0) is 23.1 Å². The molecule has 2 amide bonds. The van der Waals surface area contributed by atoms with Crippen molar-refractivity contribution < 1.29 is 23.8 Å². The Morgan fingerprint density at radius 3 is 2.54 bits per heavy atom. The Kier molecular flexibility index (Phi) is 10.2. The molecule has 0 spiro atoms. The number of rotatable bonds is 9. The monoisotopic (exact) mass is 812 g/mol. The first-order chi connectivity index (χ1) is 29.7. The molecule has 3 aliphatic heterocycles. The third kappa shape index (κ3) is 7.68. The van der Waals surface area contributed by atoms with Crippen LogP contribution in [0.4, 0.5) is 5.69 Å². The number of nitrogens with zero attached hydrogens (tertiary/aromatic N) is 5. The van der Waals surface area contributed by atoms with Crippen molar-refractivity contribution in [2.75, 3.05) is 24.6 Å². The van der Waals surface area contributed by atoms with Gasteiger partial charge in [0.05, 0.1) is 17.7 Å². The quantitative estimate of drug-likeness (QED) is 0.147. The summed E-state index contributed by atoms with van der Waals surface area (Å²) in [6, 6.07) is 24.0. The van der Waals surface area contributed by atoms with E-state index in [9.17, 15) is 9.59 Å². The summed E-state index contributed by atoms with van der Waals surface area (Å²) in [5.74, 6) is 7.44. The lowest BCUT2D eigenvalue weighted by atomic mass is 9.91. The van der Waals surface area contributed by atoms with E-state index in [0.29, 0.717) is 42.3 Å². The number of benzene rings is 3. The Morgan fingerprint density at radius 2 is 1.72 bits per heavy atom. The van der Waals surface area contributed by atoms with Crippen molar-refractivity contribution in [2.24, 2.45) is 7.05 Å². The smallest absolute Gasteiger partial charge is 0.255 e. The second-order valence-corrected chi connectivity index (χ2v) is 16.7. The molecule has 3 fully saturated rings. The highest BCUT2D eigenvalue weighted by Crippen LogP contribution is 2.35. The molecular formula is C50H48N6O5. The van der Waals surface area contributed by atoms with E-state index in [1.165, 1.54) is 27.7 Å². The van der Waals surface area contributed by atoms with Crippen LogP contribution in [0, 0.1) is 18.8 Å². The normalized spacial score (nSPS) is 20.3. The minimum Gasteiger partial charge on any atom is -0.481 e. The van der Waals surface area contributed by atoms with Gasteiger partial charge in [0.15, 0.2) is 0 Å². The highest BCUT2D eigenvalue weighted by Gasteiger charge is 2.38. The highest BCUT2D eigenvalue weighted by atomic mass is 16.5. The summed E-state index contributed by atoms with van der Waals surface area (Å²) in [5.41, 5.74) is 10.1. The first kappa shape index (κ1) is 38.6. The molecule has 1 saturated carbocycles. The number of ether oxygens (including phenoxy) is 3. The number of aryl methyl sites for hydroxylation is 2. The number of carbonyl (C=O) groups excluding carboxylic acids is 2. The van der Waals surface area contributed by atoms with Crippen LogP contribution >= 0.6 is 0 Å². The average Bonchev–Trinajstić information content (AvgIpc) is 3.74. The number of hydrogen-bond acceptors (Lipinski definition) is 8. The Hall–Kier alpha value is -6.64. The number of pyridine rings is 2. The van der Waals surface area contributed by atoms with Gasteiger partial charge in [-0.05, 0) is 97.8 Å². The molecule has 10 rings (SSSR count). The van der Waals surface area contributed by atoms with E-state index in [0.717, 1.165) is 66.4 Å². The van der Waals surface area contributed by atoms with Gasteiger partial charge in [0.2, 0.25) is 11.8 Å². The summed E-state index contributed by atoms with van der Waals surface area (Å²) >= 11 is 0. The number of carbonyl (C=O) groups is 2. The van der Waals surface area contributed by atoms with Gasteiger partial charge in [0, 0.05) is 109 Å².